The summed E-state index contributed by atoms with van der Waals surface area (Å²) in [6, 6.07) is 1.46. The van der Waals surface area contributed by atoms with Crippen LogP contribution in [0.15, 0.2) is 12.3 Å². The topological polar surface area (TPSA) is 76.3 Å². The summed E-state index contributed by atoms with van der Waals surface area (Å²) < 4.78 is 11.2. The van der Waals surface area contributed by atoms with Crippen molar-refractivity contribution in [2.24, 2.45) is 0 Å². The molecule has 1 aliphatic rings. The van der Waals surface area contributed by atoms with Crippen molar-refractivity contribution < 1.29 is 9.00 Å². The Morgan fingerprint density at radius 3 is 2.76 bits per heavy atom. The maximum absolute atomic E-state index is 12.1. The fraction of sp³-hybridized carbons (Fsp3) is 0.400. The third kappa shape index (κ3) is 2.76. The fourth-order valence-corrected chi connectivity index (χ4v) is 2.85. The average Bonchev–Trinajstić information content (AvgIpc) is 2.32. The summed E-state index contributed by atoms with van der Waals surface area (Å²) in [5, 5.41) is 0.239. The van der Waals surface area contributed by atoms with Gasteiger partial charge in [0.15, 0.2) is 0 Å². The average molecular weight is 274 g/mol. The van der Waals surface area contributed by atoms with E-state index in [1.807, 2.05) is 0 Å². The van der Waals surface area contributed by atoms with Crippen molar-refractivity contribution in [2.75, 3.05) is 30.3 Å². The number of aromatic nitrogens is 1. The zero-order valence-corrected chi connectivity index (χ0v) is 10.6. The number of nitrogen functional groups attached to an aromatic ring is 1. The minimum absolute atomic E-state index is 0.177. The lowest BCUT2D eigenvalue weighted by Crippen LogP contribution is -2.42. The number of halogens is 1. The number of pyridine rings is 1. The van der Waals surface area contributed by atoms with Gasteiger partial charge in [0, 0.05) is 35.4 Å². The number of rotatable bonds is 1. The van der Waals surface area contributed by atoms with Gasteiger partial charge in [0.2, 0.25) is 0 Å². The van der Waals surface area contributed by atoms with E-state index in [4.69, 9.17) is 17.3 Å². The predicted molar refractivity (Wildman–Crippen MR) is 67.4 cm³/mol. The molecule has 1 aliphatic heterocycles. The molecule has 2 rings (SSSR count). The lowest BCUT2D eigenvalue weighted by molar-refractivity contribution is 0.0772. The molecule has 1 fully saturated rings. The van der Waals surface area contributed by atoms with Gasteiger partial charge in [-0.25, -0.2) is 4.98 Å². The molecule has 1 saturated heterocycles. The zero-order chi connectivity index (χ0) is 12.4. The van der Waals surface area contributed by atoms with Crippen molar-refractivity contribution in [1.82, 2.24) is 9.88 Å². The van der Waals surface area contributed by atoms with Crippen LogP contribution in [0.2, 0.25) is 5.15 Å². The minimum atomic E-state index is -0.807. The highest BCUT2D eigenvalue weighted by Crippen LogP contribution is 2.18. The van der Waals surface area contributed by atoms with Crippen LogP contribution < -0.4 is 5.73 Å². The highest BCUT2D eigenvalue weighted by atomic mass is 35.5. The third-order valence-electron chi connectivity index (χ3n) is 2.60. The van der Waals surface area contributed by atoms with Crippen LogP contribution >= 0.6 is 11.6 Å². The predicted octanol–water partition coefficient (Wildman–Crippen LogP) is 0.522. The van der Waals surface area contributed by atoms with Crippen LogP contribution in [0.5, 0.6) is 0 Å². The molecule has 1 amide bonds. The van der Waals surface area contributed by atoms with Gasteiger partial charge in [-0.1, -0.05) is 11.6 Å². The molecule has 2 N–H and O–H groups in total. The quantitative estimate of drug-likeness (QED) is 0.757. The normalized spacial score (nSPS) is 17.1. The first kappa shape index (κ1) is 12.3. The van der Waals surface area contributed by atoms with Crippen molar-refractivity contribution in [1.29, 1.82) is 0 Å². The largest absolute Gasteiger partial charge is 0.397 e. The van der Waals surface area contributed by atoms with Crippen molar-refractivity contribution >= 4 is 34.0 Å². The molecule has 5 nitrogen and oxygen atoms in total. The zero-order valence-electron chi connectivity index (χ0n) is 9.06. The number of carbonyl (C=O) groups excluding carboxylic acids is 1. The summed E-state index contributed by atoms with van der Waals surface area (Å²) in [7, 11) is -0.807. The lowest BCUT2D eigenvalue weighted by atomic mass is 10.2. The molecule has 0 aromatic carbocycles. The summed E-state index contributed by atoms with van der Waals surface area (Å²) in [6.07, 6.45) is 1.37. The Morgan fingerprint density at radius 1 is 1.47 bits per heavy atom. The molecule has 0 atom stereocenters. The molecule has 92 valence electrons. The van der Waals surface area contributed by atoms with Gasteiger partial charge in [-0.3, -0.25) is 9.00 Å². The maximum Gasteiger partial charge on any atom is 0.256 e. The van der Waals surface area contributed by atoms with E-state index in [2.05, 4.69) is 4.98 Å². The highest BCUT2D eigenvalue weighted by Gasteiger charge is 2.23. The molecule has 1 aromatic heterocycles. The van der Waals surface area contributed by atoms with Gasteiger partial charge in [0.05, 0.1) is 17.4 Å². The van der Waals surface area contributed by atoms with Gasteiger partial charge in [0.1, 0.15) is 5.15 Å². The number of nitrogens with two attached hydrogens (primary N) is 1. The van der Waals surface area contributed by atoms with Crippen molar-refractivity contribution in [3.05, 3.63) is 23.0 Å². The Morgan fingerprint density at radius 2 is 2.12 bits per heavy atom. The third-order valence-corrected chi connectivity index (χ3v) is 4.08. The number of hydrogen-bond acceptors (Lipinski definition) is 4. The molecule has 1 aromatic rings. The molecule has 0 unspecified atom stereocenters. The van der Waals surface area contributed by atoms with E-state index in [0.717, 1.165) is 0 Å². The maximum atomic E-state index is 12.1. The number of hydrogen-bond donors (Lipinski definition) is 1. The first-order chi connectivity index (χ1) is 8.08. The van der Waals surface area contributed by atoms with Crippen LogP contribution in [0.3, 0.4) is 0 Å². The van der Waals surface area contributed by atoms with E-state index in [1.54, 1.807) is 4.90 Å². The van der Waals surface area contributed by atoms with E-state index in [9.17, 15) is 9.00 Å². The summed E-state index contributed by atoms with van der Waals surface area (Å²) in [5.74, 6) is 0.859. The van der Waals surface area contributed by atoms with Crippen molar-refractivity contribution in [3.63, 3.8) is 0 Å². The molecule has 0 radical (unpaired) electrons. The number of nitrogens with zero attached hydrogens (tertiary/aromatic N) is 2. The first-order valence-electron chi connectivity index (χ1n) is 5.13. The number of anilines is 1. The summed E-state index contributed by atoms with van der Waals surface area (Å²) >= 11 is 5.74. The monoisotopic (exact) mass is 273 g/mol. The lowest BCUT2D eigenvalue weighted by Gasteiger charge is -2.26. The molecule has 7 heteroatoms. The van der Waals surface area contributed by atoms with Crippen LogP contribution in [0, 0.1) is 0 Å². The van der Waals surface area contributed by atoms with Crippen molar-refractivity contribution in [3.8, 4) is 0 Å². The highest BCUT2D eigenvalue weighted by molar-refractivity contribution is 7.85. The number of amides is 1. The molecule has 0 bridgehead atoms. The SMILES string of the molecule is Nc1cnc(Cl)cc1C(=O)N1CCS(=O)CC1. The van der Waals surface area contributed by atoms with Crippen molar-refractivity contribution in [2.45, 2.75) is 0 Å². The summed E-state index contributed by atoms with van der Waals surface area (Å²) in [6.45, 7) is 0.982. The van der Waals surface area contributed by atoms with E-state index < -0.39 is 10.8 Å². The van der Waals surface area contributed by atoms with Gasteiger partial charge in [-0.15, -0.1) is 0 Å². The Hall–Kier alpha value is -1.14. The smallest absolute Gasteiger partial charge is 0.256 e. The summed E-state index contributed by atoms with van der Waals surface area (Å²) in [4.78, 5) is 17.6. The second-order valence-electron chi connectivity index (χ2n) is 3.73. The van der Waals surface area contributed by atoms with Gasteiger partial charge >= 0.3 is 0 Å². The molecule has 0 spiro atoms. The molecular weight excluding hydrogens is 262 g/mol. The molecule has 0 aliphatic carbocycles. The molecule has 17 heavy (non-hydrogen) atoms. The molecular formula is C10H12ClN3O2S. The van der Waals surface area contributed by atoms with Crippen LogP contribution in [0.1, 0.15) is 10.4 Å². The van der Waals surface area contributed by atoms with E-state index in [1.165, 1.54) is 12.3 Å². The molecule has 0 saturated carbocycles. The fourth-order valence-electron chi connectivity index (χ4n) is 1.64. The Bertz CT molecular complexity index is 471. The Balaban J connectivity index is 2.19. The van der Waals surface area contributed by atoms with Gasteiger partial charge in [0.25, 0.3) is 5.91 Å². The van der Waals surface area contributed by atoms with Gasteiger partial charge in [-0.05, 0) is 6.07 Å². The van der Waals surface area contributed by atoms with Crippen LogP contribution in [-0.4, -0.2) is 44.6 Å². The first-order valence-corrected chi connectivity index (χ1v) is 7.00. The molecule has 2 heterocycles. The Labute approximate surface area is 106 Å². The second kappa shape index (κ2) is 5.01. The van der Waals surface area contributed by atoms with E-state index in [0.29, 0.717) is 35.8 Å². The van der Waals surface area contributed by atoms with Crippen LogP contribution in [0.4, 0.5) is 5.69 Å². The van der Waals surface area contributed by atoms with Crippen LogP contribution in [0.25, 0.3) is 0 Å². The van der Waals surface area contributed by atoms with Crippen LogP contribution in [-0.2, 0) is 10.8 Å². The van der Waals surface area contributed by atoms with Gasteiger partial charge in [-0.2, -0.15) is 0 Å². The second-order valence-corrected chi connectivity index (χ2v) is 5.82. The van der Waals surface area contributed by atoms with Gasteiger partial charge < -0.3 is 10.6 Å². The number of carbonyl (C=O) groups is 1. The van der Waals surface area contributed by atoms with E-state index in [-0.39, 0.29) is 11.1 Å². The van der Waals surface area contributed by atoms with E-state index >= 15 is 0 Å². The Kier molecular flexibility index (Phi) is 3.63. The minimum Gasteiger partial charge on any atom is -0.397 e. The summed E-state index contributed by atoms with van der Waals surface area (Å²) in [5.41, 5.74) is 6.37. The standard InChI is InChI=1S/C10H12ClN3O2S/c11-9-5-7(8(12)6-13-9)10(15)14-1-3-17(16)4-2-14/h5-6H,1-4,12H2.